The van der Waals surface area contributed by atoms with Crippen molar-refractivity contribution in [2.24, 2.45) is 0 Å². The van der Waals surface area contributed by atoms with Crippen LogP contribution in [0, 0.1) is 6.92 Å². The Hall–Kier alpha value is -3.99. The van der Waals surface area contributed by atoms with Gasteiger partial charge in [0.1, 0.15) is 17.9 Å². The predicted molar refractivity (Wildman–Crippen MR) is 131 cm³/mol. The van der Waals surface area contributed by atoms with E-state index in [1.54, 1.807) is 31.3 Å². The summed E-state index contributed by atoms with van der Waals surface area (Å²) in [5.41, 5.74) is 2.34. The first kappa shape index (κ1) is 24.7. The van der Waals surface area contributed by atoms with Gasteiger partial charge in [0.2, 0.25) is 0 Å². The SMILES string of the molecule is Cc1ccc(-c2cc(C(F)(F)F)ccc2[C@H]2CCOc3cc(S(=O)(=O)Nc4ccncn4)ccc32)cn1. The van der Waals surface area contributed by atoms with E-state index in [9.17, 15) is 21.6 Å². The summed E-state index contributed by atoms with van der Waals surface area (Å²) in [6, 6.07) is 13.1. The molecule has 5 rings (SSSR count). The fourth-order valence-electron chi connectivity index (χ4n) is 4.32. The quantitative estimate of drug-likeness (QED) is 0.365. The third-order valence-corrected chi connectivity index (χ3v) is 7.49. The molecule has 4 aromatic rings. The highest BCUT2D eigenvalue weighted by atomic mass is 32.2. The second-order valence-corrected chi connectivity index (χ2v) is 10.3. The molecule has 1 N–H and O–H groups in total. The lowest BCUT2D eigenvalue weighted by molar-refractivity contribution is -0.137. The smallest absolute Gasteiger partial charge is 0.416 e. The minimum Gasteiger partial charge on any atom is -0.493 e. The topological polar surface area (TPSA) is 94.1 Å². The molecule has 2 aromatic heterocycles. The van der Waals surface area contributed by atoms with Gasteiger partial charge >= 0.3 is 6.18 Å². The number of aryl methyl sites for hydroxylation is 1. The monoisotopic (exact) mass is 526 g/mol. The van der Waals surface area contributed by atoms with E-state index < -0.39 is 21.8 Å². The maximum absolute atomic E-state index is 13.6. The van der Waals surface area contributed by atoms with E-state index in [0.29, 0.717) is 34.4 Å². The Bertz CT molecular complexity index is 1540. The Balaban J connectivity index is 1.56. The van der Waals surface area contributed by atoms with Crippen molar-refractivity contribution in [3.63, 3.8) is 0 Å². The van der Waals surface area contributed by atoms with E-state index >= 15 is 0 Å². The summed E-state index contributed by atoms with van der Waals surface area (Å²) in [6.07, 6.45) is 0.207. The summed E-state index contributed by atoms with van der Waals surface area (Å²) in [4.78, 5) is 11.9. The number of aromatic nitrogens is 3. The number of fused-ring (bicyclic) bond motifs is 1. The van der Waals surface area contributed by atoms with Crippen LogP contribution in [0.5, 0.6) is 5.75 Å². The molecule has 0 unspecified atom stereocenters. The van der Waals surface area contributed by atoms with Crippen molar-refractivity contribution >= 4 is 15.8 Å². The Kier molecular flexibility index (Phi) is 6.32. The Morgan fingerprint density at radius 3 is 2.51 bits per heavy atom. The fourth-order valence-corrected chi connectivity index (χ4v) is 5.34. The molecule has 0 saturated heterocycles. The highest BCUT2D eigenvalue weighted by molar-refractivity contribution is 7.92. The minimum atomic E-state index is -4.50. The number of nitrogens with zero attached hydrogens (tertiary/aromatic N) is 3. The number of rotatable bonds is 5. The van der Waals surface area contributed by atoms with Crippen LogP contribution in [-0.2, 0) is 16.2 Å². The van der Waals surface area contributed by atoms with Crippen molar-refractivity contribution in [3.8, 4) is 16.9 Å². The van der Waals surface area contributed by atoms with Crippen molar-refractivity contribution in [1.29, 1.82) is 0 Å². The van der Waals surface area contributed by atoms with Crippen LogP contribution in [0.1, 0.15) is 34.7 Å². The molecule has 0 saturated carbocycles. The molecule has 3 heterocycles. The zero-order valence-electron chi connectivity index (χ0n) is 19.5. The molecule has 1 aliphatic heterocycles. The first-order chi connectivity index (χ1) is 17.6. The van der Waals surface area contributed by atoms with Gasteiger partial charge in [0.15, 0.2) is 0 Å². The van der Waals surface area contributed by atoms with Crippen LogP contribution in [0.3, 0.4) is 0 Å². The average molecular weight is 527 g/mol. The van der Waals surface area contributed by atoms with Gasteiger partial charge in [0.05, 0.1) is 17.1 Å². The Labute approximate surface area is 211 Å². The number of benzene rings is 2. The van der Waals surface area contributed by atoms with Gasteiger partial charge in [-0.3, -0.25) is 9.71 Å². The molecule has 11 heteroatoms. The summed E-state index contributed by atoms with van der Waals surface area (Å²) in [5, 5.41) is 0. The zero-order chi connectivity index (χ0) is 26.2. The van der Waals surface area contributed by atoms with E-state index in [1.165, 1.54) is 36.8 Å². The number of pyridine rings is 1. The Morgan fingerprint density at radius 1 is 1.00 bits per heavy atom. The number of ether oxygens (including phenoxy) is 1. The summed E-state index contributed by atoms with van der Waals surface area (Å²) < 4.78 is 74.7. The van der Waals surface area contributed by atoms with Gasteiger partial charge in [-0.2, -0.15) is 13.2 Å². The van der Waals surface area contributed by atoms with Crippen LogP contribution in [0.4, 0.5) is 19.0 Å². The molecule has 1 atom stereocenters. The molecule has 0 spiro atoms. The average Bonchev–Trinajstić information content (AvgIpc) is 2.88. The van der Waals surface area contributed by atoms with Gasteiger partial charge < -0.3 is 4.74 Å². The van der Waals surface area contributed by atoms with Crippen molar-refractivity contribution in [2.75, 3.05) is 11.3 Å². The Morgan fingerprint density at radius 2 is 1.81 bits per heavy atom. The number of halogens is 3. The van der Waals surface area contributed by atoms with Gasteiger partial charge in [-0.1, -0.05) is 18.2 Å². The van der Waals surface area contributed by atoms with E-state index in [-0.39, 0.29) is 23.2 Å². The number of nitrogens with one attached hydrogen (secondary N) is 1. The van der Waals surface area contributed by atoms with Crippen molar-refractivity contribution in [2.45, 2.75) is 30.3 Å². The number of anilines is 1. The normalized spacial score (nSPS) is 15.5. The lowest BCUT2D eigenvalue weighted by Crippen LogP contribution is -2.18. The van der Waals surface area contributed by atoms with Crippen LogP contribution >= 0.6 is 0 Å². The molecule has 2 aromatic carbocycles. The summed E-state index contributed by atoms with van der Waals surface area (Å²) >= 11 is 0. The molecule has 1 aliphatic rings. The predicted octanol–water partition coefficient (Wildman–Crippen LogP) is 5.58. The minimum absolute atomic E-state index is 0.0270. The molecule has 190 valence electrons. The molecule has 7 nitrogen and oxygen atoms in total. The largest absolute Gasteiger partial charge is 0.493 e. The molecule has 0 amide bonds. The van der Waals surface area contributed by atoms with Crippen LogP contribution in [0.2, 0.25) is 0 Å². The van der Waals surface area contributed by atoms with Crippen molar-refractivity contribution < 1.29 is 26.3 Å². The first-order valence-corrected chi connectivity index (χ1v) is 12.8. The molecular weight excluding hydrogens is 505 g/mol. The molecule has 0 bridgehead atoms. The van der Waals surface area contributed by atoms with Gasteiger partial charge in [-0.25, -0.2) is 18.4 Å². The molecule has 0 radical (unpaired) electrons. The highest BCUT2D eigenvalue weighted by Crippen LogP contribution is 2.44. The van der Waals surface area contributed by atoms with Gasteiger partial charge in [0.25, 0.3) is 10.0 Å². The van der Waals surface area contributed by atoms with Gasteiger partial charge in [-0.05, 0) is 54.8 Å². The summed E-state index contributed by atoms with van der Waals surface area (Å²) in [5.74, 6) is 0.163. The summed E-state index contributed by atoms with van der Waals surface area (Å²) in [7, 11) is -3.96. The number of alkyl halides is 3. The maximum atomic E-state index is 13.6. The van der Waals surface area contributed by atoms with Crippen molar-refractivity contribution in [3.05, 3.63) is 95.7 Å². The van der Waals surface area contributed by atoms with E-state index in [2.05, 4.69) is 19.7 Å². The zero-order valence-corrected chi connectivity index (χ0v) is 20.3. The highest BCUT2D eigenvalue weighted by Gasteiger charge is 2.33. The van der Waals surface area contributed by atoms with Crippen LogP contribution in [0.25, 0.3) is 11.1 Å². The van der Waals surface area contributed by atoms with E-state index in [0.717, 1.165) is 17.8 Å². The fraction of sp³-hybridized carbons (Fsp3) is 0.192. The van der Waals surface area contributed by atoms with Crippen LogP contribution in [-0.4, -0.2) is 30.0 Å². The van der Waals surface area contributed by atoms with Gasteiger partial charge in [-0.15, -0.1) is 0 Å². The lowest BCUT2D eigenvalue weighted by Gasteiger charge is -2.29. The summed E-state index contributed by atoms with van der Waals surface area (Å²) in [6.45, 7) is 2.07. The maximum Gasteiger partial charge on any atom is 0.416 e. The number of hydrogen-bond donors (Lipinski definition) is 1. The third kappa shape index (κ3) is 5.12. The standard InChI is InChI=1S/C26H21F3N4O3S/c1-16-2-3-17(14-31-16)23-12-18(26(27,28)29)4-6-20(23)21-9-11-36-24-13-19(5-7-22(21)24)37(34,35)33-25-8-10-30-15-32-25/h2-8,10,12-15,21H,9,11H2,1H3,(H,30,32,33)/t21-/m1/s1. The molecule has 0 fully saturated rings. The molecule has 37 heavy (non-hydrogen) atoms. The second kappa shape index (κ2) is 9.47. The van der Waals surface area contributed by atoms with Crippen LogP contribution in [0.15, 0.2) is 78.2 Å². The van der Waals surface area contributed by atoms with E-state index in [1.807, 2.05) is 0 Å². The first-order valence-electron chi connectivity index (χ1n) is 11.3. The van der Waals surface area contributed by atoms with Crippen molar-refractivity contribution in [1.82, 2.24) is 15.0 Å². The molecule has 0 aliphatic carbocycles. The van der Waals surface area contributed by atoms with E-state index in [4.69, 9.17) is 4.74 Å². The van der Waals surface area contributed by atoms with Gasteiger partial charge in [0, 0.05) is 41.2 Å². The lowest BCUT2D eigenvalue weighted by atomic mass is 9.82. The molecular formula is C26H21F3N4O3S. The third-order valence-electron chi connectivity index (χ3n) is 6.13. The van der Waals surface area contributed by atoms with Crippen LogP contribution < -0.4 is 9.46 Å². The number of hydrogen-bond acceptors (Lipinski definition) is 6. The number of sulfonamides is 1. The second-order valence-electron chi connectivity index (χ2n) is 8.58.